The Morgan fingerprint density at radius 1 is 1.48 bits per heavy atom. The molecular weight excluding hydrogens is 284 g/mol. The third kappa shape index (κ3) is 1.80. The van der Waals surface area contributed by atoms with Gasteiger partial charge in [0.2, 0.25) is 0 Å². The predicted molar refractivity (Wildman–Crippen MR) is 84.2 cm³/mol. The predicted octanol–water partition coefficient (Wildman–Crippen LogP) is 2.45. The highest BCUT2D eigenvalue weighted by molar-refractivity contribution is 7.80. The smallest absolute Gasteiger partial charge is 0.189 e. The molecule has 2 fully saturated rings. The number of nitrogens with zero attached hydrogens (tertiary/aromatic N) is 1. The van der Waals surface area contributed by atoms with Gasteiger partial charge in [-0.15, -0.1) is 0 Å². The van der Waals surface area contributed by atoms with Gasteiger partial charge in [0, 0.05) is 31.6 Å². The fourth-order valence-corrected chi connectivity index (χ4v) is 4.58. The molecule has 5 heteroatoms. The summed E-state index contributed by atoms with van der Waals surface area (Å²) in [5.74, 6) is 1.45. The van der Waals surface area contributed by atoms with Crippen molar-refractivity contribution in [1.29, 1.82) is 0 Å². The van der Waals surface area contributed by atoms with Crippen molar-refractivity contribution in [3.63, 3.8) is 0 Å². The first kappa shape index (κ1) is 13.3. The molecule has 2 heterocycles. The molecule has 3 atom stereocenters. The maximum absolute atomic E-state index is 6.54. The van der Waals surface area contributed by atoms with Gasteiger partial charge in [0.05, 0.1) is 12.6 Å². The zero-order chi connectivity index (χ0) is 14.4. The summed E-state index contributed by atoms with van der Waals surface area (Å²) in [6, 6.07) is 8.62. The molecule has 2 aliphatic heterocycles. The lowest BCUT2D eigenvalue weighted by atomic mass is 9.81. The number of para-hydroxylation sites is 1. The molecule has 0 aromatic heterocycles. The maximum atomic E-state index is 6.54. The van der Waals surface area contributed by atoms with Crippen molar-refractivity contribution < 1.29 is 9.47 Å². The van der Waals surface area contributed by atoms with E-state index < -0.39 is 0 Å². The maximum Gasteiger partial charge on any atom is 0.189 e. The largest absolute Gasteiger partial charge is 0.467 e. The molecule has 21 heavy (non-hydrogen) atoms. The van der Waals surface area contributed by atoms with Crippen molar-refractivity contribution in [2.75, 3.05) is 20.3 Å². The number of fused-ring (bicyclic) bond motifs is 2. The highest BCUT2D eigenvalue weighted by Crippen LogP contribution is 2.55. The van der Waals surface area contributed by atoms with Crippen LogP contribution in [0.4, 0.5) is 0 Å². The van der Waals surface area contributed by atoms with Crippen LogP contribution >= 0.6 is 12.2 Å². The highest BCUT2D eigenvalue weighted by atomic mass is 32.1. The van der Waals surface area contributed by atoms with Gasteiger partial charge >= 0.3 is 0 Å². The van der Waals surface area contributed by atoms with E-state index in [-0.39, 0.29) is 11.8 Å². The Kier molecular flexibility index (Phi) is 3.08. The van der Waals surface area contributed by atoms with E-state index in [1.165, 1.54) is 18.4 Å². The van der Waals surface area contributed by atoms with Crippen molar-refractivity contribution in [2.24, 2.45) is 5.92 Å². The first-order valence-electron chi connectivity index (χ1n) is 7.61. The number of nitrogens with one attached hydrogen (secondary N) is 1. The van der Waals surface area contributed by atoms with E-state index in [9.17, 15) is 0 Å². The van der Waals surface area contributed by atoms with E-state index in [2.05, 4.69) is 28.4 Å². The Bertz CT molecular complexity index is 579. The van der Waals surface area contributed by atoms with Gasteiger partial charge in [-0.2, -0.15) is 0 Å². The summed E-state index contributed by atoms with van der Waals surface area (Å²) in [6.07, 6.45) is 3.40. The van der Waals surface area contributed by atoms with Crippen LogP contribution in [0.5, 0.6) is 5.75 Å². The monoisotopic (exact) mass is 304 g/mol. The molecule has 1 saturated carbocycles. The zero-order valence-corrected chi connectivity index (χ0v) is 13.0. The van der Waals surface area contributed by atoms with Gasteiger partial charge in [-0.1, -0.05) is 18.2 Å². The van der Waals surface area contributed by atoms with Crippen LogP contribution < -0.4 is 10.1 Å². The van der Waals surface area contributed by atoms with Crippen LogP contribution in [0.15, 0.2) is 24.3 Å². The molecule has 1 aromatic rings. The molecular formula is C16H20N2O2S. The van der Waals surface area contributed by atoms with E-state index in [1.807, 2.05) is 6.07 Å². The molecule has 0 spiro atoms. The lowest BCUT2D eigenvalue weighted by Gasteiger charge is -2.56. The summed E-state index contributed by atoms with van der Waals surface area (Å²) in [7, 11) is 1.73. The molecule has 4 rings (SSSR count). The van der Waals surface area contributed by atoms with Crippen molar-refractivity contribution in [3.8, 4) is 5.75 Å². The molecule has 112 valence electrons. The second-order valence-electron chi connectivity index (χ2n) is 6.06. The molecule has 0 amide bonds. The molecule has 1 aromatic carbocycles. The lowest BCUT2D eigenvalue weighted by molar-refractivity contribution is -0.117. The quantitative estimate of drug-likeness (QED) is 0.868. The van der Waals surface area contributed by atoms with Gasteiger partial charge in [0.15, 0.2) is 10.8 Å². The number of rotatable bonds is 3. The lowest BCUT2D eigenvalue weighted by Crippen LogP contribution is -2.69. The Morgan fingerprint density at radius 3 is 3.19 bits per heavy atom. The van der Waals surface area contributed by atoms with Gasteiger partial charge in [-0.05, 0) is 31.1 Å². The Labute approximate surface area is 130 Å². The minimum Gasteiger partial charge on any atom is -0.467 e. The number of ether oxygens (including phenoxy) is 2. The first-order valence-corrected chi connectivity index (χ1v) is 8.02. The normalized spacial score (nSPS) is 33.0. The van der Waals surface area contributed by atoms with Crippen molar-refractivity contribution >= 4 is 17.3 Å². The Balaban J connectivity index is 1.79. The SMILES string of the molecule is COCCN1C(=S)NC2c3ccccc3OC13CCCC23. The van der Waals surface area contributed by atoms with Gasteiger partial charge in [-0.3, -0.25) is 0 Å². The van der Waals surface area contributed by atoms with Gasteiger partial charge in [0.1, 0.15) is 5.75 Å². The average molecular weight is 304 g/mol. The number of hydrogen-bond acceptors (Lipinski definition) is 3. The summed E-state index contributed by atoms with van der Waals surface area (Å²) in [6.45, 7) is 1.43. The van der Waals surface area contributed by atoms with Crippen LogP contribution in [0.25, 0.3) is 0 Å². The molecule has 3 unspecified atom stereocenters. The van der Waals surface area contributed by atoms with Crippen LogP contribution in [0, 0.1) is 5.92 Å². The summed E-state index contributed by atoms with van der Waals surface area (Å²) in [5, 5.41) is 4.35. The molecule has 0 radical (unpaired) electrons. The van der Waals surface area contributed by atoms with Gasteiger partial charge in [0.25, 0.3) is 0 Å². The summed E-state index contributed by atoms with van der Waals surface area (Å²) >= 11 is 5.62. The number of benzene rings is 1. The fourth-order valence-electron chi connectivity index (χ4n) is 4.20. The first-order chi connectivity index (χ1) is 10.3. The number of hydrogen-bond donors (Lipinski definition) is 1. The summed E-state index contributed by atoms with van der Waals surface area (Å²) in [4.78, 5) is 2.22. The molecule has 4 nitrogen and oxygen atoms in total. The van der Waals surface area contributed by atoms with E-state index in [1.54, 1.807) is 7.11 Å². The average Bonchev–Trinajstić information content (AvgIpc) is 2.92. The van der Waals surface area contributed by atoms with Crippen LogP contribution in [0.3, 0.4) is 0 Å². The van der Waals surface area contributed by atoms with E-state index >= 15 is 0 Å². The van der Waals surface area contributed by atoms with Crippen LogP contribution in [0.1, 0.15) is 30.9 Å². The summed E-state index contributed by atoms with van der Waals surface area (Å²) in [5.41, 5.74) is 0.966. The number of thiocarbonyl (C=S) groups is 1. The second-order valence-corrected chi connectivity index (χ2v) is 6.44. The standard InChI is InChI=1S/C16H20N2O2S/c1-19-10-9-18-15(21)17-14-11-5-2-3-7-13(11)20-16(18)8-4-6-12(14)16/h2-3,5,7,12,14H,4,6,8-10H2,1H3,(H,17,21). The zero-order valence-electron chi connectivity index (χ0n) is 12.2. The van der Waals surface area contributed by atoms with Gasteiger partial charge in [-0.25, -0.2) is 0 Å². The molecule has 1 N–H and O–H groups in total. The molecule has 1 saturated heterocycles. The van der Waals surface area contributed by atoms with Crippen molar-refractivity contribution in [3.05, 3.63) is 29.8 Å². The van der Waals surface area contributed by atoms with Crippen LogP contribution in [-0.2, 0) is 4.74 Å². The third-order valence-electron chi connectivity index (χ3n) is 5.07. The van der Waals surface area contributed by atoms with E-state index in [0.29, 0.717) is 12.5 Å². The highest BCUT2D eigenvalue weighted by Gasteiger charge is 2.59. The minimum absolute atomic E-state index is 0.278. The second kappa shape index (κ2) is 4.85. The Hall–Kier alpha value is -1.33. The Morgan fingerprint density at radius 2 is 2.33 bits per heavy atom. The van der Waals surface area contributed by atoms with E-state index in [4.69, 9.17) is 21.7 Å². The van der Waals surface area contributed by atoms with Gasteiger partial charge < -0.3 is 19.7 Å². The number of methoxy groups -OCH3 is 1. The minimum atomic E-state index is -0.278. The fraction of sp³-hybridized carbons (Fsp3) is 0.562. The molecule has 3 aliphatic rings. The molecule has 2 bridgehead atoms. The molecule has 1 aliphatic carbocycles. The van der Waals surface area contributed by atoms with Crippen molar-refractivity contribution in [2.45, 2.75) is 31.0 Å². The van der Waals surface area contributed by atoms with Crippen LogP contribution in [0.2, 0.25) is 0 Å². The van der Waals surface area contributed by atoms with Crippen LogP contribution in [-0.4, -0.2) is 36.0 Å². The topological polar surface area (TPSA) is 33.7 Å². The van der Waals surface area contributed by atoms with Crippen molar-refractivity contribution in [1.82, 2.24) is 10.2 Å². The van der Waals surface area contributed by atoms with E-state index in [0.717, 1.165) is 23.8 Å². The summed E-state index contributed by atoms with van der Waals surface area (Å²) < 4.78 is 11.8. The third-order valence-corrected chi connectivity index (χ3v) is 5.41.